The van der Waals surface area contributed by atoms with E-state index in [1.165, 1.54) is 24.3 Å². The van der Waals surface area contributed by atoms with Crippen molar-refractivity contribution in [1.29, 1.82) is 0 Å². The summed E-state index contributed by atoms with van der Waals surface area (Å²) in [5.41, 5.74) is 2.09. The van der Waals surface area contributed by atoms with E-state index < -0.39 is 31.9 Å². The van der Waals surface area contributed by atoms with Gasteiger partial charge in [-0.05, 0) is 41.5 Å². The van der Waals surface area contributed by atoms with Crippen LogP contribution in [0, 0.1) is 0 Å². The minimum Gasteiger partial charge on any atom is -0.268 e. The average Bonchev–Trinajstić information content (AvgIpc) is 3.10. The molecule has 0 saturated carbocycles. The van der Waals surface area contributed by atoms with Crippen molar-refractivity contribution in [3.05, 3.63) is 82.3 Å². The van der Waals surface area contributed by atoms with E-state index in [0.717, 1.165) is 11.1 Å². The Bertz CT molecular complexity index is 1450. The third kappa shape index (κ3) is 3.99. The molecular formula is C20H13BrN2O6S2. The summed E-state index contributed by atoms with van der Waals surface area (Å²) in [4.78, 5) is 22.6. The number of carbonyl (C=O) groups is 2. The highest BCUT2D eigenvalue weighted by atomic mass is 79.9. The highest BCUT2D eigenvalue weighted by Gasteiger charge is 2.33. The first-order valence-corrected chi connectivity index (χ1v) is 12.5. The number of rotatable bonds is 1. The van der Waals surface area contributed by atoms with Gasteiger partial charge in [0, 0.05) is 4.47 Å². The zero-order valence-corrected chi connectivity index (χ0v) is 18.7. The van der Waals surface area contributed by atoms with Crippen molar-refractivity contribution in [2.75, 3.05) is 0 Å². The average molecular weight is 521 g/mol. The Morgan fingerprint density at radius 2 is 1.13 bits per heavy atom. The summed E-state index contributed by atoms with van der Waals surface area (Å²) in [6.07, 6.45) is 0. The van der Waals surface area contributed by atoms with Gasteiger partial charge >= 0.3 is 0 Å². The summed E-state index contributed by atoms with van der Waals surface area (Å²) in [5.74, 6) is -1.13. The first-order valence-electron chi connectivity index (χ1n) is 8.72. The van der Waals surface area contributed by atoms with Crippen LogP contribution in [0.4, 0.5) is 0 Å². The van der Waals surface area contributed by atoms with Gasteiger partial charge in [0.05, 0.1) is 11.1 Å². The lowest BCUT2D eigenvalue weighted by Gasteiger charge is -2.03. The van der Waals surface area contributed by atoms with Crippen molar-refractivity contribution in [2.24, 2.45) is 0 Å². The molecule has 3 aromatic rings. The van der Waals surface area contributed by atoms with Gasteiger partial charge in [-0.25, -0.2) is 26.3 Å². The van der Waals surface area contributed by atoms with Gasteiger partial charge in [0.1, 0.15) is 9.79 Å². The van der Waals surface area contributed by atoms with Crippen molar-refractivity contribution < 1.29 is 26.4 Å². The van der Waals surface area contributed by atoms with Gasteiger partial charge in [-0.15, -0.1) is 0 Å². The highest BCUT2D eigenvalue weighted by Crippen LogP contribution is 2.28. The number of fused-ring (bicyclic) bond motifs is 2. The van der Waals surface area contributed by atoms with Gasteiger partial charge in [0.25, 0.3) is 31.9 Å². The summed E-state index contributed by atoms with van der Waals surface area (Å²) < 4.78 is 50.5. The number of halogens is 1. The molecule has 8 nitrogen and oxygen atoms in total. The van der Waals surface area contributed by atoms with E-state index in [4.69, 9.17) is 0 Å². The Morgan fingerprint density at radius 3 is 1.71 bits per heavy atom. The van der Waals surface area contributed by atoms with Crippen LogP contribution in [0.5, 0.6) is 0 Å². The molecule has 0 atom stereocenters. The van der Waals surface area contributed by atoms with Crippen LogP contribution in [0.15, 0.2) is 81.0 Å². The third-order valence-electron chi connectivity index (χ3n) is 4.55. The summed E-state index contributed by atoms with van der Waals surface area (Å²) in [5, 5.41) is 0. The third-order valence-corrected chi connectivity index (χ3v) is 7.79. The second-order valence-corrected chi connectivity index (χ2v) is 10.8. The van der Waals surface area contributed by atoms with Gasteiger partial charge in [0.2, 0.25) is 0 Å². The topological polar surface area (TPSA) is 126 Å². The Hall–Kier alpha value is -3.02. The summed E-state index contributed by atoms with van der Waals surface area (Å²) in [7, 11) is -7.29. The van der Waals surface area contributed by atoms with E-state index in [1.54, 1.807) is 12.1 Å². The fraction of sp³-hybridized carbons (Fsp3) is 0. The maximum Gasteiger partial charge on any atom is 0.266 e. The van der Waals surface area contributed by atoms with E-state index >= 15 is 0 Å². The van der Waals surface area contributed by atoms with Crippen LogP contribution < -0.4 is 9.44 Å². The second-order valence-electron chi connectivity index (χ2n) is 6.59. The number of carbonyl (C=O) groups excluding carboxylic acids is 2. The van der Waals surface area contributed by atoms with Crippen LogP contribution in [0.2, 0.25) is 0 Å². The molecule has 2 heterocycles. The molecule has 2 aliphatic heterocycles. The molecule has 31 heavy (non-hydrogen) atoms. The van der Waals surface area contributed by atoms with Crippen molar-refractivity contribution in [3.63, 3.8) is 0 Å². The van der Waals surface area contributed by atoms with Gasteiger partial charge in [0.15, 0.2) is 0 Å². The Labute approximate surface area is 186 Å². The minimum atomic E-state index is -3.68. The number of hydrogen-bond donors (Lipinski definition) is 2. The molecule has 0 fully saturated rings. The standard InChI is InChI=1S/C13H9NO3S.C7H4BrNO3S/c15-13-11-7-6-10(9-4-2-1-3-5-9)8-12(11)18(16,17)14-13;8-4-1-2-5-6(3-4)13(11,12)9-7(5)10/h1-8H,(H,14,15);1-3H,(H,9,10). The number of nitrogens with one attached hydrogen (secondary N) is 2. The normalized spacial score (nSPS) is 16.9. The fourth-order valence-electron chi connectivity index (χ4n) is 3.11. The molecule has 0 radical (unpaired) electrons. The van der Waals surface area contributed by atoms with Crippen molar-refractivity contribution in [3.8, 4) is 11.1 Å². The molecule has 0 saturated heterocycles. The molecule has 0 bridgehead atoms. The van der Waals surface area contributed by atoms with Crippen LogP contribution in [0.3, 0.4) is 0 Å². The van der Waals surface area contributed by atoms with Gasteiger partial charge in [-0.3, -0.25) is 9.59 Å². The SMILES string of the molecule is O=C1NS(=O)(=O)c2cc(-c3ccccc3)ccc21.O=C1NS(=O)(=O)c2cc(Br)ccc21. The number of benzene rings is 3. The molecule has 2 amide bonds. The molecule has 5 rings (SSSR count). The quantitative estimate of drug-likeness (QED) is 0.507. The predicted molar refractivity (Wildman–Crippen MR) is 115 cm³/mol. The maximum absolute atomic E-state index is 11.7. The molecule has 2 aliphatic rings. The first-order chi connectivity index (χ1) is 14.6. The molecular weight excluding hydrogens is 508 g/mol. The van der Waals surface area contributed by atoms with Gasteiger partial charge in [-0.2, -0.15) is 0 Å². The van der Waals surface area contributed by atoms with Crippen molar-refractivity contribution in [1.82, 2.24) is 9.44 Å². The number of amides is 2. The van der Waals surface area contributed by atoms with Crippen LogP contribution in [-0.2, 0) is 20.0 Å². The smallest absolute Gasteiger partial charge is 0.266 e. The van der Waals surface area contributed by atoms with Crippen molar-refractivity contribution >= 4 is 47.8 Å². The van der Waals surface area contributed by atoms with E-state index in [-0.39, 0.29) is 20.9 Å². The molecule has 0 unspecified atom stereocenters. The summed E-state index contributed by atoms with van der Waals surface area (Å²) >= 11 is 3.13. The maximum atomic E-state index is 11.7. The van der Waals surface area contributed by atoms with Crippen LogP contribution in [0.25, 0.3) is 11.1 Å². The first kappa shape index (κ1) is 21.2. The minimum absolute atomic E-state index is 0.0341. The van der Waals surface area contributed by atoms with Crippen molar-refractivity contribution in [2.45, 2.75) is 9.79 Å². The largest absolute Gasteiger partial charge is 0.268 e. The predicted octanol–water partition coefficient (Wildman–Crippen LogP) is 2.67. The molecule has 158 valence electrons. The van der Waals surface area contributed by atoms with Gasteiger partial charge in [-0.1, -0.05) is 52.3 Å². The van der Waals surface area contributed by atoms with E-state index in [2.05, 4.69) is 15.9 Å². The van der Waals surface area contributed by atoms with Crippen LogP contribution >= 0.6 is 15.9 Å². The van der Waals surface area contributed by atoms with E-state index in [9.17, 15) is 26.4 Å². The van der Waals surface area contributed by atoms with Gasteiger partial charge < -0.3 is 0 Å². The molecule has 2 N–H and O–H groups in total. The zero-order valence-electron chi connectivity index (χ0n) is 15.5. The molecule has 0 aromatic heterocycles. The molecule has 0 spiro atoms. The molecule has 0 aliphatic carbocycles. The summed E-state index contributed by atoms with van der Waals surface area (Å²) in [6.45, 7) is 0. The van der Waals surface area contributed by atoms with E-state index in [0.29, 0.717) is 4.47 Å². The summed E-state index contributed by atoms with van der Waals surface area (Å²) in [6, 6.07) is 18.7. The lowest BCUT2D eigenvalue weighted by Crippen LogP contribution is -2.20. The fourth-order valence-corrected chi connectivity index (χ4v) is 6.02. The Kier molecular flexibility index (Phi) is 5.20. The highest BCUT2D eigenvalue weighted by molar-refractivity contribution is 9.10. The Balaban J connectivity index is 0.000000158. The number of hydrogen-bond acceptors (Lipinski definition) is 6. The second kappa shape index (κ2) is 7.59. The molecule has 3 aromatic carbocycles. The lowest BCUT2D eigenvalue weighted by atomic mass is 10.0. The molecule has 11 heteroatoms. The monoisotopic (exact) mass is 520 g/mol. The van der Waals surface area contributed by atoms with E-state index in [1.807, 2.05) is 39.8 Å². The lowest BCUT2D eigenvalue weighted by molar-refractivity contribution is 0.0976. The Morgan fingerprint density at radius 1 is 0.613 bits per heavy atom. The van der Waals surface area contributed by atoms with Crippen LogP contribution in [0.1, 0.15) is 20.7 Å². The number of sulfonamides is 2. The van der Waals surface area contributed by atoms with Crippen LogP contribution in [-0.4, -0.2) is 28.6 Å². The zero-order chi connectivity index (χ0) is 22.4.